The van der Waals surface area contributed by atoms with Gasteiger partial charge in [-0.3, -0.25) is 4.90 Å². The van der Waals surface area contributed by atoms with E-state index in [0.29, 0.717) is 19.1 Å². The molecule has 0 spiro atoms. The van der Waals surface area contributed by atoms with Crippen molar-refractivity contribution in [2.45, 2.75) is 19.9 Å². The van der Waals surface area contributed by atoms with Crippen molar-refractivity contribution in [2.75, 3.05) is 72.8 Å². The molecule has 30 heavy (non-hydrogen) atoms. The summed E-state index contributed by atoms with van der Waals surface area (Å²) in [5.41, 5.74) is 1.15. The minimum absolute atomic E-state index is 0. The summed E-state index contributed by atoms with van der Waals surface area (Å²) in [6, 6.07) is 8.26. The van der Waals surface area contributed by atoms with Crippen LogP contribution in [0.3, 0.4) is 0 Å². The highest BCUT2D eigenvalue weighted by Crippen LogP contribution is 2.16. The first-order valence-electron chi connectivity index (χ1n) is 10.8. The number of nitrogens with one attached hydrogen (secondary N) is 1. The Labute approximate surface area is 198 Å². The number of benzene rings is 1. The molecule has 0 aliphatic carbocycles. The van der Waals surface area contributed by atoms with Crippen molar-refractivity contribution in [2.24, 2.45) is 10.9 Å². The number of ether oxygens (including phenoxy) is 3. The van der Waals surface area contributed by atoms with Crippen LogP contribution in [0.15, 0.2) is 29.3 Å². The highest BCUT2D eigenvalue weighted by atomic mass is 127. The molecule has 170 valence electrons. The monoisotopic (exact) mass is 532 g/mol. The maximum atomic E-state index is 5.97. The average Bonchev–Trinajstić information content (AvgIpc) is 3.25. The fourth-order valence-electron chi connectivity index (χ4n) is 3.69. The smallest absolute Gasteiger partial charge is 0.193 e. The SMILES string of the molecule is CCNC(=NCc1cccc(OCCN2CCOCC2)c1)N(C)CC1CCOC1.I. The van der Waals surface area contributed by atoms with E-state index in [0.717, 1.165) is 82.8 Å². The van der Waals surface area contributed by atoms with Gasteiger partial charge < -0.3 is 24.4 Å². The molecule has 1 unspecified atom stereocenters. The second kappa shape index (κ2) is 14.1. The number of nitrogens with zero attached hydrogens (tertiary/aromatic N) is 3. The van der Waals surface area contributed by atoms with Gasteiger partial charge in [0.2, 0.25) is 0 Å². The molecule has 2 heterocycles. The molecule has 0 radical (unpaired) electrons. The predicted molar refractivity (Wildman–Crippen MR) is 131 cm³/mol. The Balaban J connectivity index is 0.00000320. The highest BCUT2D eigenvalue weighted by Gasteiger charge is 2.19. The molecule has 7 nitrogen and oxygen atoms in total. The van der Waals surface area contributed by atoms with Gasteiger partial charge in [-0.2, -0.15) is 0 Å². The summed E-state index contributed by atoms with van der Waals surface area (Å²) in [6.07, 6.45) is 1.13. The first kappa shape index (κ1) is 25.2. The lowest BCUT2D eigenvalue weighted by Gasteiger charge is -2.26. The fourth-order valence-corrected chi connectivity index (χ4v) is 3.69. The van der Waals surface area contributed by atoms with Crippen molar-refractivity contribution in [3.05, 3.63) is 29.8 Å². The Bertz CT molecular complexity index is 635. The summed E-state index contributed by atoms with van der Waals surface area (Å²) in [7, 11) is 2.10. The Morgan fingerprint density at radius 2 is 2.10 bits per heavy atom. The number of guanidine groups is 1. The van der Waals surface area contributed by atoms with E-state index < -0.39 is 0 Å². The van der Waals surface area contributed by atoms with Gasteiger partial charge in [0.1, 0.15) is 12.4 Å². The Hall–Kier alpha value is -1.10. The first-order valence-corrected chi connectivity index (χ1v) is 10.8. The van der Waals surface area contributed by atoms with Gasteiger partial charge in [-0.1, -0.05) is 12.1 Å². The van der Waals surface area contributed by atoms with Crippen molar-refractivity contribution in [1.29, 1.82) is 0 Å². The molecular formula is C22H37IN4O3. The molecule has 2 aliphatic rings. The summed E-state index contributed by atoms with van der Waals surface area (Å²) in [5.74, 6) is 2.44. The zero-order valence-corrected chi connectivity index (χ0v) is 20.7. The van der Waals surface area contributed by atoms with Crippen LogP contribution in [0.2, 0.25) is 0 Å². The summed E-state index contributed by atoms with van der Waals surface area (Å²) in [4.78, 5) is 9.43. The molecule has 2 saturated heterocycles. The summed E-state index contributed by atoms with van der Waals surface area (Å²) in [6.45, 7) is 11.6. The van der Waals surface area contributed by atoms with Crippen LogP contribution in [0.25, 0.3) is 0 Å². The van der Waals surface area contributed by atoms with Crippen LogP contribution >= 0.6 is 24.0 Å². The van der Waals surface area contributed by atoms with Crippen LogP contribution in [0.4, 0.5) is 0 Å². The number of hydrogen-bond acceptors (Lipinski definition) is 5. The molecule has 0 bridgehead atoms. The molecule has 0 amide bonds. The van der Waals surface area contributed by atoms with Crippen molar-refractivity contribution < 1.29 is 14.2 Å². The van der Waals surface area contributed by atoms with Crippen LogP contribution in [-0.4, -0.2) is 88.6 Å². The number of morpholine rings is 1. The first-order chi connectivity index (χ1) is 14.2. The Morgan fingerprint density at radius 1 is 1.27 bits per heavy atom. The standard InChI is InChI=1S/C22H36N4O3.HI/c1-3-23-22(25(2)17-20-7-11-28-18-20)24-16-19-5-4-6-21(15-19)29-14-10-26-8-12-27-13-9-26;/h4-6,15,20H,3,7-14,16-18H2,1-2H3,(H,23,24);1H. The second-order valence-corrected chi connectivity index (χ2v) is 7.73. The van der Waals surface area contributed by atoms with E-state index in [9.17, 15) is 0 Å². The van der Waals surface area contributed by atoms with E-state index >= 15 is 0 Å². The molecule has 1 aromatic carbocycles. The Kier molecular flexibility index (Phi) is 11.8. The Morgan fingerprint density at radius 3 is 2.83 bits per heavy atom. The second-order valence-electron chi connectivity index (χ2n) is 7.73. The minimum atomic E-state index is 0. The third-order valence-electron chi connectivity index (χ3n) is 5.34. The molecule has 1 N–H and O–H groups in total. The highest BCUT2D eigenvalue weighted by molar-refractivity contribution is 14.0. The molecule has 3 rings (SSSR count). The quantitative estimate of drug-likeness (QED) is 0.300. The molecule has 1 atom stereocenters. The van der Waals surface area contributed by atoms with Gasteiger partial charge in [0.25, 0.3) is 0 Å². The van der Waals surface area contributed by atoms with Gasteiger partial charge in [-0.15, -0.1) is 24.0 Å². The fraction of sp³-hybridized carbons (Fsp3) is 0.682. The van der Waals surface area contributed by atoms with Gasteiger partial charge in [0.15, 0.2) is 5.96 Å². The predicted octanol–water partition coefficient (Wildman–Crippen LogP) is 2.45. The zero-order chi connectivity index (χ0) is 20.3. The van der Waals surface area contributed by atoms with Crippen LogP contribution in [0.1, 0.15) is 18.9 Å². The number of rotatable bonds is 9. The number of halogens is 1. The largest absolute Gasteiger partial charge is 0.492 e. The van der Waals surface area contributed by atoms with Crippen LogP contribution in [0, 0.1) is 5.92 Å². The van der Waals surface area contributed by atoms with Crippen LogP contribution < -0.4 is 10.1 Å². The minimum Gasteiger partial charge on any atom is -0.492 e. The van der Waals surface area contributed by atoms with E-state index in [1.165, 1.54) is 0 Å². The zero-order valence-electron chi connectivity index (χ0n) is 18.3. The van der Waals surface area contributed by atoms with Gasteiger partial charge >= 0.3 is 0 Å². The van der Waals surface area contributed by atoms with Crippen molar-refractivity contribution in [3.8, 4) is 5.75 Å². The summed E-state index contributed by atoms with van der Waals surface area (Å²) >= 11 is 0. The average molecular weight is 532 g/mol. The molecular weight excluding hydrogens is 495 g/mol. The van der Waals surface area contributed by atoms with E-state index in [2.05, 4.69) is 41.2 Å². The lowest BCUT2D eigenvalue weighted by Crippen LogP contribution is -2.41. The van der Waals surface area contributed by atoms with Crippen LogP contribution in [-0.2, 0) is 16.0 Å². The van der Waals surface area contributed by atoms with Gasteiger partial charge in [-0.25, -0.2) is 4.99 Å². The van der Waals surface area contributed by atoms with E-state index in [4.69, 9.17) is 19.2 Å². The van der Waals surface area contributed by atoms with Gasteiger partial charge in [-0.05, 0) is 31.0 Å². The molecule has 1 aromatic rings. The molecule has 2 fully saturated rings. The number of hydrogen-bond donors (Lipinski definition) is 1. The maximum Gasteiger partial charge on any atom is 0.193 e. The maximum absolute atomic E-state index is 5.97. The van der Waals surface area contributed by atoms with Gasteiger partial charge in [0, 0.05) is 52.3 Å². The number of aliphatic imine (C=N–C) groups is 1. The third kappa shape index (κ3) is 8.56. The normalized spacial score (nSPS) is 19.9. The lowest BCUT2D eigenvalue weighted by molar-refractivity contribution is 0.0322. The van der Waals surface area contributed by atoms with Gasteiger partial charge in [0.05, 0.1) is 26.4 Å². The van der Waals surface area contributed by atoms with E-state index in [-0.39, 0.29) is 24.0 Å². The molecule has 8 heteroatoms. The van der Waals surface area contributed by atoms with Crippen molar-refractivity contribution in [1.82, 2.24) is 15.1 Å². The lowest BCUT2D eigenvalue weighted by atomic mass is 10.1. The molecule has 2 aliphatic heterocycles. The van der Waals surface area contributed by atoms with E-state index in [1.807, 2.05) is 12.1 Å². The molecule has 0 saturated carbocycles. The summed E-state index contributed by atoms with van der Waals surface area (Å²) < 4.78 is 16.9. The van der Waals surface area contributed by atoms with Crippen molar-refractivity contribution in [3.63, 3.8) is 0 Å². The van der Waals surface area contributed by atoms with Crippen molar-refractivity contribution >= 4 is 29.9 Å². The molecule has 0 aromatic heterocycles. The summed E-state index contributed by atoms with van der Waals surface area (Å²) in [5, 5.41) is 3.40. The topological polar surface area (TPSA) is 58.6 Å². The van der Waals surface area contributed by atoms with E-state index in [1.54, 1.807) is 0 Å². The van der Waals surface area contributed by atoms with Crippen LogP contribution in [0.5, 0.6) is 5.75 Å². The third-order valence-corrected chi connectivity index (χ3v) is 5.34.